The zero-order valence-electron chi connectivity index (χ0n) is 6.64. The largest absolute Gasteiger partial charge is 0.392 e. The maximum Gasteiger partial charge on any atom is 0.0614 e. The highest BCUT2D eigenvalue weighted by Gasteiger charge is 1.86. The second-order valence-electron chi connectivity index (χ2n) is 2.41. The van der Waals surface area contributed by atoms with Crippen LogP contribution in [0, 0.1) is 0 Å². The van der Waals surface area contributed by atoms with Crippen LogP contribution in [0.15, 0.2) is 24.3 Å². The summed E-state index contributed by atoms with van der Waals surface area (Å²) < 4.78 is 0. The average molecular weight is 140 g/mol. The maximum absolute atomic E-state index is 8.50. The maximum atomic E-state index is 8.50. The number of rotatable bonds is 5. The van der Waals surface area contributed by atoms with Crippen LogP contribution in [0.25, 0.3) is 0 Å². The van der Waals surface area contributed by atoms with E-state index in [1.165, 1.54) is 5.57 Å². The van der Waals surface area contributed by atoms with Crippen LogP contribution in [0.4, 0.5) is 0 Å². The van der Waals surface area contributed by atoms with Gasteiger partial charge in [-0.15, -0.1) is 6.58 Å². The van der Waals surface area contributed by atoms with E-state index in [4.69, 9.17) is 5.11 Å². The summed E-state index contributed by atoms with van der Waals surface area (Å²) in [5.41, 5.74) is 1.27. The first-order valence-electron chi connectivity index (χ1n) is 3.68. The molecule has 0 amide bonds. The molecule has 10 heavy (non-hydrogen) atoms. The van der Waals surface area contributed by atoms with Crippen molar-refractivity contribution in [3.8, 4) is 0 Å². The summed E-state index contributed by atoms with van der Waals surface area (Å²) in [5, 5.41) is 8.50. The van der Waals surface area contributed by atoms with Crippen LogP contribution in [0.2, 0.25) is 0 Å². The summed E-state index contributed by atoms with van der Waals surface area (Å²) in [7, 11) is 0. The van der Waals surface area contributed by atoms with Crippen LogP contribution in [0.3, 0.4) is 0 Å². The van der Waals surface area contributed by atoms with Gasteiger partial charge in [-0.25, -0.2) is 0 Å². The molecule has 0 atom stereocenters. The summed E-state index contributed by atoms with van der Waals surface area (Å²) in [6, 6.07) is 0. The van der Waals surface area contributed by atoms with E-state index >= 15 is 0 Å². The van der Waals surface area contributed by atoms with Crippen LogP contribution < -0.4 is 0 Å². The molecule has 0 aromatic carbocycles. The second kappa shape index (κ2) is 6.56. The smallest absolute Gasteiger partial charge is 0.0614 e. The van der Waals surface area contributed by atoms with E-state index in [1.54, 1.807) is 0 Å². The zero-order chi connectivity index (χ0) is 7.82. The molecule has 0 radical (unpaired) electrons. The molecule has 0 aliphatic heterocycles. The normalized spacial score (nSPS) is 11.6. The van der Waals surface area contributed by atoms with Gasteiger partial charge in [0, 0.05) is 0 Å². The van der Waals surface area contributed by atoms with E-state index in [0.29, 0.717) is 0 Å². The van der Waals surface area contributed by atoms with Crippen LogP contribution in [-0.4, -0.2) is 11.7 Å². The monoisotopic (exact) mass is 140 g/mol. The van der Waals surface area contributed by atoms with Gasteiger partial charge in [-0.2, -0.15) is 0 Å². The first-order chi connectivity index (χ1) is 4.81. The fourth-order valence-corrected chi connectivity index (χ4v) is 0.783. The molecular formula is C9H16O. The third kappa shape index (κ3) is 5.57. The molecule has 0 aromatic heterocycles. The summed E-state index contributed by atoms with van der Waals surface area (Å²) in [6.07, 6.45) is 7.06. The minimum atomic E-state index is 0.167. The summed E-state index contributed by atoms with van der Waals surface area (Å²) >= 11 is 0. The summed E-state index contributed by atoms with van der Waals surface area (Å²) in [6.45, 7) is 5.84. The lowest BCUT2D eigenvalue weighted by Gasteiger charge is -1.96. The highest BCUT2D eigenvalue weighted by Crippen LogP contribution is 2.05. The van der Waals surface area contributed by atoms with Gasteiger partial charge in [-0.1, -0.05) is 17.7 Å². The fraction of sp³-hybridized carbons (Fsp3) is 0.556. The topological polar surface area (TPSA) is 20.2 Å². The Morgan fingerprint density at radius 3 is 2.80 bits per heavy atom. The van der Waals surface area contributed by atoms with Crippen molar-refractivity contribution in [2.75, 3.05) is 6.61 Å². The number of aliphatic hydroxyl groups excluding tert-OH is 1. The van der Waals surface area contributed by atoms with Crippen molar-refractivity contribution >= 4 is 0 Å². The minimum absolute atomic E-state index is 0.167. The molecule has 0 heterocycles. The van der Waals surface area contributed by atoms with Crippen molar-refractivity contribution in [1.82, 2.24) is 0 Å². The molecule has 0 spiro atoms. The van der Waals surface area contributed by atoms with Crippen molar-refractivity contribution in [2.24, 2.45) is 0 Å². The Balaban J connectivity index is 3.29. The summed E-state index contributed by atoms with van der Waals surface area (Å²) in [5.74, 6) is 0. The Morgan fingerprint density at radius 1 is 1.60 bits per heavy atom. The second-order valence-corrected chi connectivity index (χ2v) is 2.41. The summed E-state index contributed by atoms with van der Waals surface area (Å²) in [4.78, 5) is 0. The molecular weight excluding hydrogens is 124 g/mol. The highest BCUT2D eigenvalue weighted by molar-refractivity contribution is 4.97. The molecule has 0 aromatic rings. The van der Waals surface area contributed by atoms with Gasteiger partial charge < -0.3 is 5.11 Å². The molecule has 1 N–H and O–H groups in total. The van der Waals surface area contributed by atoms with E-state index in [1.807, 2.05) is 19.1 Å². The molecule has 0 rings (SSSR count). The predicted octanol–water partition coefficient (Wildman–Crippen LogP) is 2.28. The Morgan fingerprint density at radius 2 is 2.30 bits per heavy atom. The zero-order valence-corrected chi connectivity index (χ0v) is 6.64. The molecule has 1 heteroatoms. The van der Waals surface area contributed by atoms with Gasteiger partial charge >= 0.3 is 0 Å². The van der Waals surface area contributed by atoms with E-state index in [2.05, 4.69) is 6.58 Å². The Hall–Kier alpha value is -0.560. The SMILES string of the molecule is C=CCCC/C(C)=C/CO. The van der Waals surface area contributed by atoms with Crippen molar-refractivity contribution in [3.05, 3.63) is 24.3 Å². The highest BCUT2D eigenvalue weighted by atomic mass is 16.2. The standard InChI is InChI=1S/C9H16O/c1-3-4-5-6-9(2)7-8-10/h3,7,10H,1,4-6,8H2,2H3/b9-7+. The number of allylic oxidation sites excluding steroid dienone is 2. The Bertz CT molecular complexity index is 114. The molecule has 0 saturated heterocycles. The third-order valence-electron chi connectivity index (χ3n) is 1.42. The van der Waals surface area contributed by atoms with Crippen LogP contribution in [0.1, 0.15) is 26.2 Å². The molecule has 0 fully saturated rings. The van der Waals surface area contributed by atoms with Gasteiger partial charge in [0.15, 0.2) is 0 Å². The first-order valence-corrected chi connectivity index (χ1v) is 3.68. The molecule has 0 unspecified atom stereocenters. The lowest BCUT2D eigenvalue weighted by Crippen LogP contribution is -1.80. The third-order valence-corrected chi connectivity index (χ3v) is 1.42. The van der Waals surface area contributed by atoms with Crippen LogP contribution in [0.5, 0.6) is 0 Å². The van der Waals surface area contributed by atoms with E-state index in [-0.39, 0.29) is 6.61 Å². The molecule has 0 bridgehead atoms. The molecule has 58 valence electrons. The number of hydrogen-bond acceptors (Lipinski definition) is 1. The van der Waals surface area contributed by atoms with E-state index in [0.717, 1.165) is 19.3 Å². The first kappa shape index (κ1) is 9.44. The predicted molar refractivity (Wildman–Crippen MR) is 44.9 cm³/mol. The van der Waals surface area contributed by atoms with Crippen molar-refractivity contribution < 1.29 is 5.11 Å². The molecule has 0 aliphatic carbocycles. The van der Waals surface area contributed by atoms with Gasteiger partial charge in [-0.3, -0.25) is 0 Å². The molecule has 0 saturated carbocycles. The van der Waals surface area contributed by atoms with Crippen molar-refractivity contribution in [3.63, 3.8) is 0 Å². The lowest BCUT2D eigenvalue weighted by molar-refractivity contribution is 0.341. The van der Waals surface area contributed by atoms with Gasteiger partial charge in [-0.05, 0) is 26.2 Å². The minimum Gasteiger partial charge on any atom is -0.392 e. The number of unbranched alkanes of at least 4 members (excludes halogenated alkanes) is 1. The van der Waals surface area contributed by atoms with Gasteiger partial charge in [0.1, 0.15) is 0 Å². The van der Waals surface area contributed by atoms with Gasteiger partial charge in [0.05, 0.1) is 6.61 Å². The lowest BCUT2D eigenvalue weighted by atomic mass is 10.1. The van der Waals surface area contributed by atoms with Crippen LogP contribution >= 0.6 is 0 Å². The van der Waals surface area contributed by atoms with Crippen molar-refractivity contribution in [2.45, 2.75) is 26.2 Å². The Labute approximate surface area is 63.1 Å². The Kier molecular flexibility index (Phi) is 6.19. The number of hydrogen-bond donors (Lipinski definition) is 1. The number of aliphatic hydroxyl groups is 1. The quantitative estimate of drug-likeness (QED) is 0.459. The average Bonchev–Trinajstić information content (AvgIpc) is 1.89. The van der Waals surface area contributed by atoms with E-state index < -0.39 is 0 Å². The van der Waals surface area contributed by atoms with Gasteiger partial charge in [0.25, 0.3) is 0 Å². The molecule has 1 nitrogen and oxygen atoms in total. The van der Waals surface area contributed by atoms with E-state index in [9.17, 15) is 0 Å². The van der Waals surface area contributed by atoms with Crippen LogP contribution in [-0.2, 0) is 0 Å². The molecule has 0 aliphatic rings. The fourth-order valence-electron chi connectivity index (χ4n) is 0.783. The van der Waals surface area contributed by atoms with Gasteiger partial charge in [0.2, 0.25) is 0 Å². The van der Waals surface area contributed by atoms with Crippen molar-refractivity contribution in [1.29, 1.82) is 0 Å².